The quantitative estimate of drug-likeness (QED) is 0.675. The van der Waals surface area contributed by atoms with Crippen LogP contribution in [0.25, 0.3) is 0 Å². The molecule has 0 saturated carbocycles. The summed E-state index contributed by atoms with van der Waals surface area (Å²) in [7, 11) is 1.68. The molecule has 0 aliphatic rings. The summed E-state index contributed by atoms with van der Waals surface area (Å²) in [5.74, 6) is 1.63. The number of halogens is 1. The minimum atomic E-state index is 0.246. The molecule has 0 saturated heterocycles. The van der Waals surface area contributed by atoms with Crippen LogP contribution < -0.4 is 4.74 Å². The number of ether oxygens (including phenoxy) is 1. The molecule has 1 atom stereocenters. The van der Waals surface area contributed by atoms with Crippen molar-refractivity contribution in [3.05, 3.63) is 29.8 Å². The molecule has 0 aliphatic carbocycles. The Balaban J connectivity index is 2.40. The van der Waals surface area contributed by atoms with E-state index in [0.717, 1.165) is 24.5 Å². The Hall–Kier alpha value is -0.690. The van der Waals surface area contributed by atoms with E-state index in [0.29, 0.717) is 0 Å². The topological polar surface area (TPSA) is 9.23 Å². The number of alkyl halides is 1. The average Bonchev–Trinajstić information content (AvgIpc) is 2.27. The highest BCUT2D eigenvalue weighted by molar-refractivity contribution is 6.20. The first-order chi connectivity index (χ1) is 7.61. The van der Waals surface area contributed by atoms with Gasteiger partial charge in [-0.3, -0.25) is 0 Å². The molecular weight excluding hydrogens is 220 g/mol. The molecule has 0 aromatic heterocycles. The van der Waals surface area contributed by atoms with Crippen LogP contribution in [0.2, 0.25) is 0 Å². The molecule has 0 amide bonds. The second-order valence-electron chi connectivity index (χ2n) is 4.62. The summed E-state index contributed by atoms with van der Waals surface area (Å²) in [5.41, 5.74) is 1.28. The van der Waals surface area contributed by atoms with Crippen molar-refractivity contribution < 1.29 is 4.74 Å². The lowest BCUT2D eigenvalue weighted by Gasteiger charge is -2.11. The summed E-state index contributed by atoms with van der Waals surface area (Å²) in [6.07, 6.45) is 3.23. The molecule has 90 valence electrons. The van der Waals surface area contributed by atoms with E-state index < -0.39 is 0 Å². The molecule has 0 fully saturated rings. The third-order valence-corrected chi connectivity index (χ3v) is 3.05. The third-order valence-electron chi connectivity index (χ3n) is 2.67. The van der Waals surface area contributed by atoms with Crippen molar-refractivity contribution in [3.63, 3.8) is 0 Å². The van der Waals surface area contributed by atoms with Gasteiger partial charge in [0.05, 0.1) is 7.11 Å². The molecule has 0 aliphatic heterocycles. The molecule has 1 nitrogen and oxygen atoms in total. The first-order valence-electron chi connectivity index (χ1n) is 5.88. The molecular formula is C14H21ClO. The summed E-state index contributed by atoms with van der Waals surface area (Å²) < 4.78 is 5.12. The van der Waals surface area contributed by atoms with E-state index in [1.165, 1.54) is 12.0 Å². The van der Waals surface area contributed by atoms with E-state index in [-0.39, 0.29) is 5.38 Å². The van der Waals surface area contributed by atoms with Gasteiger partial charge in [-0.15, -0.1) is 11.6 Å². The highest BCUT2D eigenvalue weighted by Gasteiger charge is 2.07. The lowest BCUT2D eigenvalue weighted by Crippen LogP contribution is -2.05. The minimum absolute atomic E-state index is 0.246. The molecule has 0 heterocycles. The molecule has 1 unspecified atom stereocenters. The maximum absolute atomic E-state index is 6.30. The summed E-state index contributed by atoms with van der Waals surface area (Å²) in [6.45, 7) is 4.47. The molecule has 1 rings (SSSR count). The molecule has 0 bridgehead atoms. The lowest BCUT2D eigenvalue weighted by molar-refractivity contribution is 0.414. The van der Waals surface area contributed by atoms with E-state index >= 15 is 0 Å². The van der Waals surface area contributed by atoms with Crippen LogP contribution in [0.4, 0.5) is 0 Å². The van der Waals surface area contributed by atoms with Crippen molar-refractivity contribution in [2.24, 2.45) is 5.92 Å². The number of hydrogen-bond donors (Lipinski definition) is 0. The van der Waals surface area contributed by atoms with Gasteiger partial charge in [0.25, 0.3) is 0 Å². The van der Waals surface area contributed by atoms with Gasteiger partial charge in [-0.2, -0.15) is 0 Å². The lowest BCUT2D eigenvalue weighted by atomic mass is 10.0. The highest BCUT2D eigenvalue weighted by atomic mass is 35.5. The van der Waals surface area contributed by atoms with Gasteiger partial charge in [-0.05, 0) is 42.9 Å². The second kappa shape index (κ2) is 6.80. The van der Waals surface area contributed by atoms with E-state index in [2.05, 4.69) is 26.0 Å². The van der Waals surface area contributed by atoms with Crippen LogP contribution in [-0.2, 0) is 6.42 Å². The van der Waals surface area contributed by atoms with E-state index in [1.807, 2.05) is 12.1 Å². The number of methoxy groups -OCH3 is 1. The van der Waals surface area contributed by atoms with E-state index in [9.17, 15) is 0 Å². The zero-order valence-electron chi connectivity index (χ0n) is 10.4. The Bertz CT molecular complexity index is 292. The van der Waals surface area contributed by atoms with Crippen molar-refractivity contribution in [2.45, 2.75) is 38.5 Å². The number of rotatable bonds is 6. The minimum Gasteiger partial charge on any atom is -0.497 e. The molecule has 0 radical (unpaired) electrons. The third kappa shape index (κ3) is 4.89. The summed E-state index contributed by atoms with van der Waals surface area (Å²) >= 11 is 6.30. The van der Waals surface area contributed by atoms with Gasteiger partial charge in [-0.1, -0.05) is 26.0 Å². The Morgan fingerprint density at radius 3 is 2.25 bits per heavy atom. The molecule has 2 heteroatoms. The monoisotopic (exact) mass is 240 g/mol. The summed E-state index contributed by atoms with van der Waals surface area (Å²) in [4.78, 5) is 0. The molecule has 1 aromatic carbocycles. The van der Waals surface area contributed by atoms with Crippen LogP contribution in [0.15, 0.2) is 24.3 Å². The first-order valence-corrected chi connectivity index (χ1v) is 6.32. The van der Waals surface area contributed by atoms with Crippen LogP contribution in [0.5, 0.6) is 5.75 Å². The second-order valence-corrected chi connectivity index (χ2v) is 5.24. The predicted octanol–water partition coefficient (Wildman–Crippen LogP) is 4.28. The fourth-order valence-corrected chi connectivity index (χ4v) is 1.94. The van der Waals surface area contributed by atoms with Crippen molar-refractivity contribution in [2.75, 3.05) is 7.11 Å². The maximum atomic E-state index is 6.30. The van der Waals surface area contributed by atoms with Gasteiger partial charge < -0.3 is 4.74 Å². The first kappa shape index (κ1) is 13.4. The van der Waals surface area contributed by atoms with Crippen molar-refractivity contribution in [1.82, 2.24) is 0 Å². The normalized spacial score (nSPS) is 12.8. The largest absolute Gasteiger partial charge is 0.497 e. The standard InChI is InChI=1S/C14H21ClO/c1-11(2)4-7-13(15)10-12-5-8-14(16-3)9-6-12/h5-6,8-9,11,13H,4,7,10H2,1-3H3. The number of hydrogen-bond acceptors (Lipinski definition) is 1. The van der Waals surface area contributed by atoms with Gasteiger partial charge in [0.2, 0.25) is 0 Å². The highest BCUT2D eigenvalue weighted by Crippen LogP contribution is 2.18. The average molecular weight is 241 g/mol. The Labute approximate surface area is 104 Å². The SMILES string of the molecule is COc1ccc(CC(Cl)CCC(C)C)cc1. The van der Waals surface area contributed by atoms with Gasteiger partial charge in [0, 0.05) is 5.38 Å². The molecule has 0 spiro atoms. The van der Waals surface area contributed by atoms with Crippen LogP contribution >= 0.6 is 11.6 Å². The van der Waals surface area contributed by atoms with Crippen LogP contribution in [-0.4, -0.2) is 12.5 Å². The summed E-state index contributed by atoms with van der Waals surface area (Å²) in [6, 6.07) is 8.15. The Morgan fingerprint density at radius 1 is 1.12 bits per heavy atom. The molecule has 1 aromatic rings. The number of benzene rings is 1. The molecule has 0 N–H and O–H groups in total. The van der Waals surface area contributed by atoms with Gasteiger partial charge in [0.1, 0.15) is 5.75 Å². The van der Waals surface area contributed by atoms with Crippen LogP contribution in [0.3, 0.4) is 0 Å². The van der Waals surface area contributed by atoms with E-state index in [1.54, 1.807) is 7.11 Å². The smallest absolute Gasteiger partial charge is 0.118 e. The fourth-order valence-electron chi connectivity index (χ4n) is 1.63. The fraction of sp³-hybridized carbons (Fsp3) is 0.571. The van der Waals surface area contributed by atoms with Gasteiger partial charge >= 0.3 is 0 Å². The van der Waals surface area contributed by atoms with Crippen molar-refractivity contribution in [3.8, 4) is 5.75 Å². The van der Waals surface area contributed by atoms with Crippen LogP contribution in [0.1, 0.15) is 32.3 Å². The van der Waals surface area contributed by atoms with E-state index in [4.69, 9.17) is 16.3 Å². The van der Waals surface area contributed by atoms with Crippen molar-refractivity contribution in [1.29, 1.82) is 0 Å². The Kier molecular flexibility index (Phi) is 5.68. The van der Waals surface area contributed by atoms with Gasteiger partial charge in [0.15, 0.2) is 0 Å². The molecule has 16 heavy (non-hydrogen) atoms. The van der Waals surface area contributed by atoms with Crippen molar-refractivity contribution >= 4 is 11.6 Å². The predicted molar refractivity (Wildman–Crippen MR) is 70.4 cm³/mol. The maximum Gasteiger partial charge on any atom is 0.118 e. The zero-order valence-corrected chi connectivity index (χ0v) is 11.1. The summed E-state index contributed by atoms with van der Waals surface area (Å²) in [5, 5.41) is 0.246. The van der Waals surface area contributed by atoms with Crippen LogP contribution in [0, 0.1) is 5.92 Å². The van der Waals surface area contributed by atoms with Gasteiger partial charge in [-0.25, -0.2) is 0 Å². The zero-order chi connectivity index (χ0) is 12.0. The Morgan fingerprint density at radius 2 is 1.75 bits per heavy atom.